The Hall–Kier alpha value is -1.24. The van der Waals surface area contributed by atoms with Gasteiger partial charge in [0.25, 0.3) is 0 Å². The number of hydrogen-bond acceptors (Lipinski definition) is 4. The smallest absolute Gasteiger partial charge is 0.226 e. The summed E-state index contributed by atoms with van der Waals surface area (Å²) in [5.74, 6) is 2.28. The van der Waals surface area contributed by atoms with E-state index in [4.69, 9.17) is 0 Å². The second-order valence-corrected chi connectivity index (χ2v) is 8.53. The van der Waals surface area contributed by atoms with Gasteiger partial charge in [-0.25, -0.2) is 0 Å². The van der Waals surface area contributed by atoms with Crippen LogP contribution in [0, 0.1) is 5.92 Å². The minimum atomic E-state index is -0.151. The first kappa shape index (κ1) is 18.5. The minimum Gasteiger partial charge on any atom is -0.343 e. The zero-order chi connectivity index (χ0) is 17.8. The van der Waals surface area contributed by atoms with E-state index in [1.807, 2.05) is 26.5 Å². The summed E-state index contributed by atoms with van der Waals surface area (Å²) < 4.78 is 0. The van der Waals surface area contributed by atoms with E-state index in [-0.39, 0.29) is 29.7 Å². The lowest BCUT2D eigenvalue weighted by molar-refractivity contribution is -0.147. The fourth-order valence-electron chi connectivity index (χ4n) is 4.17. The first-order chi connectivity index (χ1) is 12.1. The van der Waals surface area contributed by atoms with Gasteiger partial charge < -0.3 is 14.7 Å². The van der Waals surface area contributed by atoms with Gasteiger partial charge in [-0.05, 0) is 25.7 Å². The van der Waals surface area contributed by atoms with Gasteiger partial charge in [-0.1, -0.05) is 0 Å². The molecule has 1 atom stereocenters. The summed E-state index contributed by atoms with van der Waals surface area (Å²) in [5, 5.41) is 0. The summed E-state index contributed by atoms with van der Waals surface area (Å²) in [5.41, 5.74) is 0. The van der Waals surface area contributed by atoms with Gasteiger partial charge in [0.2, 0.25) is 17.7 Å². The van der Waals surface area contributed by atoms with Crippen molar-refractivity contribution in [2.75, 3.05) is 44.2 Å². The zero-order valence-corrected chi connectivity index (χ0v) is 15.9. The number of piperidine rings is 2. The zero-order valence-electron chi connectivity index (χ0n) is 15.1. The molecule has 0 aromatic heterocycles. The number of rotatable bonds is 3. The van der Waals surface area contributed by atoms with E-state index in [9.17, 15) is 14.4 Å². The van der Waals surface area contributed by atoms with E-state index in [0.717, 1.165) is 69.9 Å². The number of carbonyl (C=O) groups is 3. The summed E-state index contributed by atoms with van der Waals surface area (Å²) in [7, 11) is 0. The van der Waals surface area contributed by atoms with Crippen LogP contribution in [0.2, 0.25) is 0 Å². The second kappa shape index (κ2) is 8.43. The molecular weight excluding hydrogens is 338 g/mol. The summed E-state index contributed by atoms with van der Waals surface area (Å²) in [6.07, 6.45) is 3.89. The van der Waals surface area contributed by atoms with Crippen molar-refractivity contribution in [2.45, 2.75) is 45.1 Å². The van der Waals surface area contributed by atoms with Crippen LogP contribution in [0.15, 0.2) is 0 Å². The molecule has 3 aliphatic heterocycles. The van der Waals surface area contributed by atoms with E-state index in [0.29, 0.717) is 6.42 Å². The van der Waals surface area contributed by atoms with E-state index >= 15 is 0 Å². The third-order valence-corrected chi connectivity index (χ3v) is 6.66. The standard InChI is InChI=1S/C18H29N3O3S/c1-14(22)19-7-4-16(5-8-19)21-6-2-3-15(18(21)24)13-17(23)20-9-11-25-12-10-20/h15-16H,2-13H2,1H3. The molecule has 0 radical (unpaired) electrons. The molecule has 3 amide bonds. The lowest BCUT2D eigenvalue weighted by atomic mass is 9.90. The molecule has 3 fully saturated rings. The van der Waals surface area contributed by atoms with Gasteiger partial charge in [0.05, 0.1) is 0 Å². The molecule has 1 unspecified atom stereocenters. The Labute approximate surface area is 154 Å². The molecule has 0 bridgehead atoms. The Bertz CT molecular complexity index is 514. The first-order valence-corrected chi connectivity index (χ1v) is 10.6. The molecule has 0 aromatic carbocycles. The van der Waals surface area contributed by atoms with Gasteiger partial charge >= 0.3 is 0 Å². The van der Waals surface area contributed by atoms with Crippen LogP contribution in [0.1, 0.15) is 39.0 Å². The molecule has 0 saturated carbocycles. The van der Waals surface area contributed by atoms with E-state index < -0.39 is 0 Å². The summed E-state index contributed by atoms with van der Waals surface area (Å²) in [4.78, 5) is 42.7. The van der Waals surface area contributed by atoms with Gasteiger partial charge in [0, 0.05) is 69.5 Å². The lowest BCUT2D eigenvalue weighted by Crippen LogP contribution is -2.52. The second-order valence-electron chi connectivity index (χ2n) is 7.31. The summed E-state index contributed by atoms with van der Waals surface area (Å²) in [6, 6.07) is 0.229. The largest absolute Gasteiger partial charge is 0.343 e. The molecular formula is C18H29N3O3S. The Balaban J connectivity index is 1.54. The number of carbonyl (C=O) groups excluding carboxylic acids is 3. The van der Waals surface area contributed by atoms with Gasteiger partial charge in [-0.3, -0.25) is 14.4 Å². The highest BCUT2D eigenvalue weighted by Gasteiger charge is 2.36. The van der Waals surface area contributed by atoms with E-state index in [1.165, 1.54) is 0 Å². The van der Waals surface area contributed by atoms with Gasteiger partial charge in [0.1, 0.15) is 0 Å². The Morgan fingerprint density at radius 2 is 1.68 bits per heavy atom. The maximum atomic E-state index is 12.9. The molecule has 6 nitrogen and oxygen atoms in total. The van der Waals surface area contributed by atoms with Crippen molar-refractivity contribution in [1.29, 1.82) is 0 Å². The van der Waals surface area contributed by atoms with Crippen LogP contribution in [-0.4, -0.2) is 82.7 Å². The minimum absolute atomic E-state index is 0.117. The van der Waals surface area contributed by atoms with E-state index in [2.05, 4.69) is 0 Å². The summed E-state index contributed by atoms with van der Waals surface area (Å²) in [6.45, 7) is 5.51. The maximum absolute atomic E-state index is 12.9. The van der Waals surface area contributed by atoms with Crippen molar-refractivity contribution in [3.63, 3.8) is 0 Å². The molecule has 7 heteroatoms. The predicted octanol–water partition coefficient (Wildman–Crippen LogP) is 1.20. The molecule has 3 saturated heterocycles. The number of amides is 3. The molecule has 25 heavy (non-hydrogen) atoms. The lowest BCUT2D eigenvalue weighted by Gasteiger charge is -2.42. The van der Waals surface area contributed by atoms with Crippen LogP contribution in [0.5, 0.6) is 0 Å². The van der Waals surface area contributed by atoms with E-state index in [1.54, 1.807) is 6.92 Å². The van der Waals surface area contributed by atoms with Crippen molar-refractivity contribution < 1.29 is 14.4 Å². The molecule has 0 N–H and O–H groups in total. The summed E-state index contributed by atoms with van der Waals surface area (Å²) >= 11 is 1.89. The van der Waals surface area contributed by atoms with Crippen molar-refractivity contribution >= 4 is 29.5 Å². The highest BCUT2D eigenvalue weighted by Crippen LogP contribution is 2.27. The van der Waals surface area contributed by atoms with Crippen LogP contribution < -0.4 is 0 Å². The average Bonchev–Trinajstić information content (AvgIpc) is 2.64. The monoisotopic (exact) mass is 367 g/mol. The molecule has 0 aliphatic carbocycles. The van der Waals surface area contributed by atoms with Crippen molar-refractivity contribution in [1.82, 2.24) is 14.7 Å². The van der Waals surface area contributed by atoms with Crippen LogP contribution in [-0.2, 0) is 14.4 Å². The number of nitrogens with zero attached hydrogens (tertiary/aromatic N) is 3. The maximum Gasteiger partial charge on any atom is 0.226 e. The van der Waals surface area contributed by atoms with Crippen LogP contribution >= 0.6 is 11.8 Å². The third-order valence-electron chi connectivity index (χ3n) is 5.72. The molecule has 3 heterocycles. The molecule has 0 aromatic rings. The quantitative estimate of drug-likeness (QED) is 0.752. The topological polar surface area (TPSA) is 60.9 Å². The van der Waals surface area contributed by atoms with Crippen LogP contribution in [0.3, 0.4) is 0 Å². The van der Waals surface area contributed by atoms with Crippen LogP contribution in [0.4, 0.5) is 0 Å². The molecule has 3 aliphatic rings. The first-order valence-electron chi connectivity index (χ1n) is 9.48. The van der Waals surface area contributed by atoms with Crippen molar-refractivity contribution in [3.05, 3.63) is 0 Å². The number of likely N-dealkylation sites (tertiary alicyclic amines) is 2. The Morgan fingerprint density at radius 3 is 2.32 bits per heavy atom. The highest BCUT2D eigenvalue weighted by atomic mass is 32.2. The van der Waals surface area contributed by atoms with Gasteiger partial charge in [0.15, 0.2) is 0 Å². The molecule has 3 rings (SSSR count). The molecule has 0 spiro atoms. The van der Waals surface area contributed by atoms with Crippen molar-refractivity contribution in [3.8, 4) is 0 Å². The van der Waals surface area contributed by atoms with Crippen molar-refractivity contribution in [2.24, 2.45) is 5.92 Å². The highest BCUT2D eigenvalue weighted by molar-refractivity contribution is 7.99. The fourth-order valence-corrected chi connectivity index (χ4v) is 5.08. The Kier molecular flexibility index (Phi) is 6.25. The predicted molar refractivity (Wildman–Crippen MR) is 98.2 cm³/mol. The molecule has 140 valence electrons. The Morgan fingerprint density at radius 1 is 1.00 bits per heavy atom. The van der Waals surface area contributed by atoms with Crippen LogP contribution in [0.25, 0.3) is 0 Å². The average molecular weight is 368 g/mol. The third kappa shape index (κ3) is 4.49. The normalized spacial score (nSPS) is 26.0. The SMILES string of the molecule is CC(=O)N1CCC(N2CCCC(CC(=O)N3CCSCC3)C2=O)CC1. The van der Waals surface area contributed by atoms with Gasteiger partial charge in [-0.2, -0.15) is 11.8 Å². The number of thioether (sulfide) groups is 1. The van der Waals surface area contributed by atoms with Gasteiger partial charge in [-0.15, -0.1) is 0 Å². The fraction of sp³-hybridized carbons (Fsp3) is 0.833. The number of hydrogen-bond donors (Lipinski definition) is 0.